The highest BCUT2D eigenvalue weighted by Crippen LogP contribution is 2.33. The van der Waals surface area contributed by atoms with Gasteiger partial charge >= 0.3 is 0 Å². The van der Waals surface area contributed by atoms with Crippen LogP contribution in [0.25, 0.3) is 22.2 Å². The zero-order valence-corrected chi connectivity index (χ0v) is 19.3. The second-order valence-corrected chi connectivity index (χ2v) is 8.53. The van der Waals surface area contributed by atoms with Gasteiger partial charge in [-0.3, -0.25) is 14.3 Å². The molecule has 0 spiro atoms. The lowest BCUT2D eigenvalue weighted by Gasteiger charge is -2.34. The molecule has 10 heteroatoms. The van der Waals surface area contributed by atoms with Gasteiger partial charge in [0.25, 0.3) is 5.56 Å². The highest BCUT2D eigenvalue weighted by atomic mass is 19.2. The Morgan fingerprint density at radius 3 is 2.57 bits per heavy atom. The van der Waals surface area contributed by atoms with Crippen LogP contribution >= 0.6 is 0 Å². The number of hydrogen-bond acceptors (Lipinski definition) is 6. The second-order valence-electron chi connectivity index (χ2n) is 8.53. The molecule has 1 aliphatic heterocycles. The highest BCUT2D eigenvalue weighted by molar-refractivity contribution is 5.93. The van der Waals surface area contributed by atoms with Crippen molar-refractivity contribution in [2.75, 3.05) is 24.6 Å². The van der Waals surface area contributed by atoms with Crippen molar-refractivity contribution in [1.82, 2.24) is 19.5 Å². The van der Waals surface area contributed by atoms with Crippen molar-refractivity contribution in [3.05, 3.63) is 81.4 Å². The van der Waals surface area contributed by atoms with Gasteiger partial charge in [-0.2, -0.15) is 0 Å². The third-order valence-corrected chi connectivity index (χ3v) is 6.22. The van der Waals surface area contributed by atoms with Crippen molar-refractivity contribution in [1.29, 1.82) is 0 Å². The Hall–Kier alpha value is -3.79. The van der Waals surface area contributed by atoms with Crippen molar-refractivity contribution in [2.24, 2.45) is 7.05 Å². The molecule has 3 aromatic heterocycles. The number of fused-ring (bicyclic) bond motifs is 1. The van der Waals surface area contributed by atoms with E-state index in [0.29, 0.717) is 37.4 Å². The lowest BCUT2D eigenvalue weighted by atomic mass is 10.1. The fourth-order valence-electron chi connectivity index (χ4n) is 4.25. The molecule has 7 nitrogen and oxygen atoms in total. The predicted molar refractivity (Wildman–Crippen MR) is 125 cm³/mol. The number of aryl methyl sites for hydroxylation is 2. The monoisotopic (exact) mass is 481 g/mol. The van der Waals surface area contributed by atoms with Crippen molar-refractivity contribution in [3.8, 4) is 11.3 Å². The minimum Gasteiger partial charge on any atom is -0.370 e. The van der Waals surface area contributed by atoms with E-state index in [1.165, 1.54) is 4.57 Å². The minimum absolute atomic E-state index is 0.0301. The summed E-state index contributed by atoms with van der Waals surface area (Å²) in [5.74, 6) is -2.77. The Bertz CT molecular complexity index is 1520. The standard InChI is InChI=1S/C25H22F3N5O2/c1-13-8-15(4-5-29-13)21-12-33(6-7-35-21)22-10-17-24(30-14(2)32(3)25(17)34)23(31-22)16-9-19(27)20(28)11-18(16)26/h4-5,8-11,21H,6-7,12H2,1-3H3. The van der Waals surface area contributed by atoms with Crippen LogP contribution < -0.4 is 10.5 Å². The second kappa shape index (κ2) is 8.77. The molecule has 1 saturated heterocycles. The Morgan fingerprint density at radius 2 is 1.80 bits per heavy atom. The van der Waals surface area contributed by atoms with Crippen LogP contribution in [0, 0.1) is 31.3 Å². The van der Waals surface area contributed by atoms with Gasteiger partial charge in [0, 0.05) is 43.7 Å². The van der Waals surface area contributed by atoms with E-state index in [1.807, 2.05) is 24.0 Å². The van der Waals surface area contributed by atoms with Crippen LogP contribution in [0.5, 0.6) is 0 Å². The molecule has 1 fully saturated rings. The zero-order chi connectivity index (χ0) is 24.9. The summed E-state index contributed by atoms with van der Waals surface area (Å²) < 4.78 is 49.9. The van der Waals surface area contributed by atoms with Crippen molar-refractivity contribution >= 4 is 16.7 Å². The molecule has 1 aliphatic rings. The Kier molecular flexibility index (Phi) is 5.76. The SMILES string of the molecule is Cc1cc(C2CN(c3cc4c(=O)n(C)c(C)nc4c(-c4cc(F)c(F)cc4F)n3)CCO2)ccn1. The van der Waals surface area contributed by atoms with E-state index in [9.17, 15) is 18.0 Å². The van der Waals surface area contributed by atoms with Gasteiger partial charge in [-0.15, -0.1) is 0 Å². The maximum atomic E-state index is 14.8. The molecule has 1 atom stereocenters. The van der Waals surface area contributed by atoms with E-state index in [2.05, 4.69) is 15.0 Å². The molecule has 0 bridgehead atoms. The van der Waals surface area contributed by atoms with Gasteiger partial charge in [0.05, 0.1) is 12.0 Å². The van der Waals surface area contributed by atoms with Gasteiger partial charge in [-0.05, 0) is 43.7 Å². The maximum absolute atomic E-state index is 14.8. The van der Waals surface area contributed by atoms with Crippen molar-refractivity contribution in [3.63, 3.8) is 0 Å². The van der Waals surface area contributed by atoms with Crippen molar-refractivity contribution < 1.29 is 17.9 Å². The van der Waals surface area contributed by atoms with E-state index < -0.39 is 17.5 Å². The molecule has 35 heavy (non-hydrogen) atoms. The molecule has 0 saturated carbocycles. The lowest BCUT2D eigenvalue weighted by molar-refractivity contribution is 0.0394. The first-order valence-electron chi connectivity index (χ1n) is 11.1. The van der Waals surface area contributed by atoms with E-state index in [1.54, 1.807) is 26.2 Å². The number of halogens is 3. The number of morpholine rings is 1. The third-order valence-electron chi connectivity index (χ3n) is 6.22. The Labute approximate surface area is 198 Å². The van der Waals surface area contributed by atoms with Crippen LogP contribution in [0.2, 0.25) is 0 Å². The molecule has 0 radical (unpaired) electrons. The highest BCUT2D eigenvalue weighted by Gasteiger charge is 2.26. The number of aromatic nitrogens is 4. The average Bonchev–Trinajstić information content (AvgIpc) is 2.85. The summed E-state index contributed by atoms with van der Waals surface area (Å²) in [6, 6.07) is 6.62. The van der Waals surface area contributed by atoms with Gasteiger partial charge in [-0.25, -0.2) is 23.1 Å². The summed E-state index contributed by atoms with van der Waals surface area (Å²) >= 11 is 0. The number of pyridine rings is 2. The fraction of sp³-hybridized carbons (Fsp3) is 0.280. The summed E-state index contributed by atoms with van der Waals surface area (Å²) in [7, 11) is 1.58. The smallest absolute Gasteiger partial charge is 0.261 e. The number of anilines is 1. The molecule has 1 aromatic carbocycles. The molecule has 4 heterocycles. The van der Waals surface area contributed by atoms with Crippen LogP contribution in [0.3, 0.4) is 0 Å². The number of hydrogen-bond donors (Lipinski definition) is 0. The molecule has 0 amide bonds. The summed E-state index contributed by atoms with van der Waals surface area (Å²) in [6.45, 7) is 4.80. The average molecular weight is 481 g/mol. The molecule has 180 valence electrons. The molecule has 1 unspecified atom stereocenters. The van der Waals surface area contributed by atoms with E-state index in [-0.39, 0.29) is 33.8 Å². The fourth-order valence-corrected chi connectivity index (χ4v) is 4.25. The quantitative estimate of drug-likeness (QED) is 0.412. The largest absolute Gasteiger partial charge is 0.370 e. The summed E-state index contributed by atoms with van der Waals surface area (Å²) in [4.78, 5) is 28.3. The minimum atomic E-state index is -1.31. The number of rotatable bonds is 3. The predicted octanol–water partition coefficient (Wildman–Crippen LogP) is 4.00. The first kappa shape index (κ1) is 23.0. The third kappa shape index (κ3) is 4.14. The topological polar surface area (TPSA) is 73.1 Å². The Balaban J connectivity index is 1.68. The zero-order valence-electron chi connectivity index (χ0n) is 19.3. The molecule has 0 aliphatic carbocycles. The number of nitrogens with zero attached hydrogens (tertiary/aromatic N) is 5. The van der Waals surface area contributed by atoms with E-state index >= 15 is 0 Å². The van der Waals surface area contributed by atoms with Crippen LogP contribution in [-0.2, 0) is 11.8 Å². The summed E-state index contributed by atoms with van der Waals surface area (Å²) in [6.07, 6.45) is 1.44. The number of ether oxygens (including phenoxy) is 1. The molecule has 5 rings (SSSR count). The van der Waals surface area contributed by atoms with Gasteiger partial charge in [0.15, 0.2) is 11.6 Å². The van der Waals surface area contributed by atoms with Gasteiger partial charge < -0.3 is 9.64 Å². The first-order chi connectivity index (χ1) is 16.7. The van der Waals surface area contributed by atoms with Gasteiger partial charge in [0.1, 0.15) is 34.8 Å². The van der Waals surface area contributed by atoms with Crippen molar-refractivity contribution in [2.45, 2.75) is 20.0 Å². The van der Waals surface area contributed by atoms with Crippen LogP contribution in [-0.4, -0.2) is 39.2 Å². The maximum Gasteiger partial charge on any atom is 0.261 e. The van der Waals surface area contributed by atoms with Crippen LogP contribution in [0.4, 0.5) is 19.0 Å². The van der Waals surface area contributed by atoms with E-state index in [0.717, 1.165) is 17.3 Å². The number of benzene rings is 1. The van der Waals surface area contributed by atoms with Gasteiger partial charge in [-0.1, -0.05) is 0 Å². The van der Waals surface area contributed by atoms with E-state index in [4.69, 9.17) is 4.74 Å². The summed E-state index contributed by atoms with van der Waals surface area (Å²) in [5, 5.41) is 0.199. The lowest BCUT2D eigenvalue weighted by Crippen LogP contribution is -2.39. The van der Waals surface area contributed by atoms with Gasteiger partial charge in [0.2, 0.25) is 0 Å². The molecular weight excluding hydrogens is 459 g/mol. The molecular formula is C25H22F3N5O2. The van der Waals surface area contributed by atoms with Crippen LogP contribution in [0.1, 0.15) is 23.2 Å². The Morgan fingerprint density at radius 1 is 1.03 bits per heavy atom. The molecule has 0 N–H and O–H groups in total. The molecule has 4 aromatic rings. The summed E-state index contributed by atoms with van der Waals surface area (Å²) in [5.41, 5.74) is 1.27. The first-order valence-corrected chi connectivity index (χ1v) is 11.1. The van der Waals surface area contributed by atoms with Crippen LogP contribution in [0.15, 0.2) is 41.3 Å². The normalized spacial score (nSPS) is 16.2.